The molecule has 20 heavy (non-hydrogen) atoms. The Morgan fingerprint density at radius 1 is 1.00 bits per heavy atom. The van der Waals surface area contributed by atoms with Gasteiger partial charge in [-0.1, -0.05) is 24.3 Å². The van der Waals surface area contributed by atoms with E-state index in [1.54, 1.807) is 24.3 Å². The highest BCUT2D eigenvalue weighted by atomic mass is 19.1. The number of rotatable bonds is 6. The second-order valence-electron chi connectivity index (χ2n) is 4.48. The van der Waals surface area contributed by atoms with Crippen molar-refractivity contribution in [3.8, 4) is 0 Å². The van der Waals surface area contributed by atoms with E-state index in [0.717, 1.165) is 24.1 Å². The van der Waals surface area contributed by atoms with E-state index in [0.29, 0.717) is 6.54 Å². The second-order valence-corrected chi connectivity index (χ2v) is 4.48. The van der Waals surface area contributed by atoms with Crippen LogP contribution in [0.3, 0.4) is 0 Å². The van der Waals surface area contributed by atoms with Crippen molar-refractivity contribution in [2.75, 3.05) is 6.54 Å². The van der Waals surface area contributed by atoms with Crippen molar-refractivity contribution < 1.29 is 9.31 Å². The van der Waals surface area contributed by atoms with Gasteiger partial charge >= 0.3 is 0 Å². The van der Waals surface area contributed by atoms with E-state index in [1.807, 2.05) is 0 Å². The Hall–Kier alpha value is -2.27. The summed E-state index contributed by atoms with van der Waals surface area (Å²) in [7, 11) is 0. The van der Waals surface area contributed by atoms with E-state index in [-0.39, 0.29) is 11.5 Å². The Bertz CT molecular complexity index is 567. The van der Waals surface area contributed by atoms with Gasteiger partial charge in [0.25, 0.3) is 5.69 Å². The third-order valence-electron chi connectivity index (χ3n) is 2.98. The van der Waals surface area contributed by atoms with Crippen LogP contribution in [0, 0.1) is 15.9 Å². The van der Waals surface area contributed by atoms with Crippen molar-refractivity contribution >= 4 is 5.69 Å². The normalized spacial score (nSPS) is 10.4. The lowest BCUT2D eigenvalue weighted by molar-refractivity contribution is -0.384. The van der Waals surface area contributed by atoms with Crippen LogP contribution in [0.4, 0.5) is 10.1 Å². The van der Waals surface area contributed by atoms with E-state index >= 15 is 0 Å². The molecule has 0 amide bonds. The molecule has 4 nitrogen and oxygen atoms in total. The van der Waals surface area contributed by atoms with Crippen molar-refractivity contribution in [1.29, 1.82) is 0 Å². The Morgan fingerprint density at radius 2 is 1.60 bits per heavy atom. The fourth-order valence-electron chi connectivity index (χ4n) is 1.85. The summed E-state index contributed by atoms with van der Waals surface area (Å²) in [5, 5.41) is 13.8. The molecule has 0 spiro atoms. The molecular weight excluding hydrogens is 259 g/mol. The largest absolute Gasteiger partial charge is 0.312 e. The van der Waals surface area contributed by atoms with Crippen LogP contribution in [-0.2, 0) is 13.0 Å². The van der Waals surface area contributed by atoms with Gasteiger partial charge in [-0.15, -0.1) is 0 Å². The van der Waals surface area contributed by atoms with Crippen LogP contribution in [0.5, 0.6) is 0 Å². The molecule has 0 aliphatic carbocycles. The maximum absolute atomic E-state index is 12.7. The highest BCUT2D eigenvalue weighted by molar-refractivity contribution is 5.32. The first-order valence-corrected chi connectivity index (χ1v) is 6.33. The lowest BCUT2D eigenvalue weighted by atomic mass is 10.1. The fourth-order valence-corrected chi connectivity index (χ4v) is 1.85. The number of nitro groups is 1. The maximum Gasteiger partial charge on any atom is 0.269 e. The molecule has 2 aromatic carbocycles. The van der Waals surface area contributed by atoms with E-state index in [9.17, 15) is 14.5 Å². The summed E-state index contributed by atoms with van der Waals surface area (Å²) in [6, 6.07) is 12.9. The van der Waals surface area contributed by atoms with Crippen LogP contribution in [0.15, 0.2) is 48.5 Å². The average Bonchev–Trinajstić information content (AvgIpc) is 2.46. The van der Waals surface area contributed by atoms with Crippen LogP contribution in [-0.4, -0.2) is 11.5 Å². The number of nitro benzene ring substituents is 1. The van der Waals surface area contributed by atoms with Gasteiger partial charge in [0.05, 0.1) is 4.92 Å². The highest BCUT2D eigenvalue weighted by Crippen LogP contribution is 2.12. The molecule has 0 saturated carbocycles. The lowest BCUT2D eigenvalue weighted by Crippen LogP contribution is -2.16. The van der Waals surface area contributed by atoms with Gasteiger partial charge < -0.3 is 5.32 Å². The van der Waals surface area contributed by atoms with E-state index in [1.165, 1.54) is 24.3 Å². The molecule has 0 aliphatic heterocycles. The zero-order chi connectivity index (χ0) is 14.4. The Balaban J connectivity index is 1.75. The predicted octanol–water partition coefficient (Wildman–Crippen LogP) is 3.07. The molecule has 104 valence electrons. The number of nitrogens with zero attached hydrogens (tertiary/aromatic N) is 1. The molecule has 0 aromatic heterocycles. The molecular formula is C15H15FN2O2. The molecule has 2 rings (SSSR count). The number of nitrogens with one attached hydrogen (secondary N) is 1. The smallest absolute Gasteiger partial charge is 0.269 e. The summed E-state index contributed by atoms with van der Waals surface area (Å²) in [6.45, 7) is 1.43. The van der Waals surface area contributed by atoms with Crippen LogP contribution < -0.4 is 5.32 Å². The molecule has 0 atom stereocenters. The average molecular weight is 274 g/mol. The zero-order valence-corrected chi connectivity index (χ0v) is 10.9. The molecule has 0 fully saturated rings. The molecule has 0 bridgehead atoms. The molecule has 1 N–H and O–H groups in total. The van der Waals surface area contributed by atoms with E-state index in [4.69, 9.17) is 0 Å². The quantitative estimate of drug-likeness (QED) is 0.500. The molecule has 0 saturated heterocycles. The van der Waals surface area contributed by atoms with Gasteiger partial charge in [-0.05, 0) is 36.2 Å². The Morgan fingerprint density at radius 3 is 2.20 bits per heavy atom. The third-order valence-corrected chi connectivity index (χ3v) is 2.98. The number of non-ortho nitro benzene ring substituents is 1. The molecule has 0 heterocycles. The summed E-state index contributed by atoms with van der Waals surface area (Å²) in [5.74, 6) is -0.236. The standard InChI is InChI=1S/C15H15FN2O2/c16-14-5-1-13(2-6-14)11-17-10-9-12-3-7-15(8-4-12)18(19)20/h1-8,17H,9-11H2. The van der Waals surface area contributed by atoms with Gasteiger partial charge in [0.2, 0.25) is 0 Å². The summed E-state index contributed by atoms with van der Waals surface area (Å²) in [4.78, 5) is 10.1. The zero-order valence-electron chi connectivity index (χ0n) is 10.9. The number of halogens is 1. The van der Waals surface area contributed by atoms with Crippen LogP contribution in [0.2, 0.25) is 0 Å². The number of hydrogen-bond acceptors (Lipinski definition) is 3. The van der Waals surface area contributed by atoms with Gasteiger partial charge in [0, 0.05) is 18.7 Å². The first kappa shape index (κ1) is 14.1. The number of benzene rings is 2. The lowest BCUT2D eigenvalue weighted by Gasteiger charge is -2.05. The molecule has 0 unspecified atom stereocenters. The van der Waals surface area contributed by atoms with E-state index < -0.39 is 4.92 Å². The molecule has 0 radical (unpaired) electrons. The van der Waals surface area contributed by atoms with Crippen molar-refractivity contribution in [2.45, 2.75) is 13.0 Å². The highest BCUT2D eigenvalue weighted by Gasteiger charge is 2.03. The topological polar surface area (TPSA) is 55.2 Å². The Kier molecular flexibility index (Phi) is 4.79. The van der Waals surface area contributed by atoms with Crippen LogP contribution in [0.1, 0.15) is 11.1 Å². The van der Waals surface area contributed by atoms with Crippen molar-refractivity contribution in [3.63, 3.8) is 0 Å². The molecule has 0 aliphatic rings. The number of hydrogen-bond donors (Lipinski definition) is 1. The minimum atomic E-state index is -0.406. The summed E-state index contributed by atoms with van der Waals surface area (Å²) >= 11 is 0. The fraction of sp³-hybridized carbons (Fsp3) is 0.200. The van der Waals surface area contributed by atoms with Crippen molar-refractivity contribution in [3.05, 3.63) is 75.6 Å². The first-order valence-electron chi connectivity index (χ1n) is 6.33. The minimum Gasteiger partial charge on any atom is -0.312 e. The van der Waals surface area contributed by atoms with Gasteiger partial charge in [-0.3, -0.25) is 10.1 Å². The van der Waals surface area contributed by atoms with Crippen molar-refractivity contribution in [2.24, 2.45) is 0 Å². The monoisotopic (exact) mass is 274 g/mol. The van der Waals surface area contributed by atoms with Crippen LogP contribution >= 0.6 is 0 Å². The maximum atomic E-state index is 12.7. The van der Waals surface area contributed by atoms with Gasteiger partial charge in [0.15, 0.2) is 0 Å². The predicted molar refractivity (Wildman–Crippen MR) is 74.9 cm³/mol. The molecule has 5 heteroatoms. The second kappa shape index (κ2) is 6.77. The summed E-state index contributed by atoms with van der Waals surface area (Å²) in [6.07, 6.45) is 0.791. The van der Waals surface area contributed by atoms with Gasteiger partial charge in [0.1, 0.15) is 5.82 Å². The van der Waals surface area contributed by atoms with Crippen molar-refractivity contribution in [1.82, 2.24) is 5.32 Å². The summed E-state index contributed by atoms with van der Waals surface area (Å²) < 4.78 is 12.7. The minimum absolute atomic E-state index is 0.105. The van der Waals surface area contributed by atoms with Crippen LogP contribution in [0.25, 0.3) is 0 Å². The van der Waals surface area contributed by atoms with E-state index in [2.05, 4.69) is 5.32 Å². The third kappa shape index (κ3) is 4.13. The SMILES string of the molecule is O=[N+]([O-])c1ccc(CCNCc2ccc(F)cc2)cc1. The molecule has 2 aromatic rings. The summed E-state index contributed by atoms with van der Waals surface area (Å²) in [5.41, 5.74) is 2.17. The van der Waals surface area contributed by atoms with Gasteiger partial charge in [-0.25, -0.2) is 4.39 Å². The first-order chi connectivity index (χ1) is 9.65. The Labute approximate surface area is 116 Å². The van der Waals surface area contributed by atoms with Gasteiger partial charge in [-0.2, -0.15) is 0 Å².